The lowest BCUT2D eigenvalue weighted by Gasteiger charge is -2.26. The van der Waals surface area contributed by atoms with Gasteiger partial charge in [0.25, 0.3) is 0 Å². The molecule has 0 unspecified atom stereocenters. The highest BCUT2D eigenvalue weighted by molar-refractivity contribution is 9.10. The first kappa shape index (κ1) is 16.3. The first-order valence-electron chi connectivity index (χ1n) is 7.25. The number of nitrogens with one attached hydrogen (secondary N) is 2. The molecule has 4 rings (SSSR count). The van der Waals surface area contributed by atoms with E-state index >= 15 is 0 Å². The summed E-state index contributed by atoms with van der Waals surface area (Å²) >= 11 is 18.1. The van der Waals surface area contributed by atoms with E-state index < -0.39 is 0 Å². The number of halogens is 2. The molecule has 2 aromatic rings. The number of hydrogen-bond acceptors (Lipinski definition) is 2. The number of hydrogen-bond donors (Lipinski definition) is 2. The third-order valence-corrected chi connectivity index (χ3v) is 5.70. The predicted molar refractivity (Wildman–Crippen MR) is 109 cm³/mol. The Hall–Kier alpha value is -1.22. The van der Waals surface area contributed by atoms with Crippen molar-refractivity contribution < 1.29 is 0 Å². The van der Waals surface area contributed by atoms with E-state index in [4.69, 9.17) is 24.4 Å². The van der Waals surface area contributed by atoms with Crippen LogP contribution in [0.1, 0.15) is 23.5 Å². The summed E-state index contributed by atoms with van der Waals surface area (Å²) in [7, 11) is 0. The maximum atomic E-state index is 5.57. The van der Waals surface area contributed by atoms with Gasteiger partial charge in [-0.1, -0.05) is 56.1 Å². The molecule has 8 heteroatoms. The van der Waals surface area contributed by atoms with Gasteiger partial charge < -0.3 is 10.6 Å². The zero-order valence-corrected chi connectivity index (χ0v) is 17.0. The normalized spacial score (nSPS) is 22.4. The molecule has 0 radical (unpaired) electrons. The molecule has 4 nitrogen and oxygen atoms in total. The molecule has 0 bridgehead atoms. The summed E-state index contributed by atoms with van der Waals surface area (Å²) in [6.07, 6.45) is -0.211. The predicted octanol–water partition coefficient (Wildman–Crippen LogP) is 4.20. The maximum Gasteiger partial charge on any atom is 0.192 e. The SMILES string of the molecule is S=C1N[C@@H](c2ccc(Br)cc2)N2C(=S)N[C@H](c3ccc(Br)cc3)N12. The first-order chi connectivity index (χ1) is 11.5. The van der Waals surface area contributed by atoms with Gasteiger partial charge in [0.05, 0.1) is 0 Å². The summed E-state index contributed by atoms with van der Waals surface area (Å²) in [6.45, 7) is 0. The van der Waals surface area contributed by atoms with Crippen LogP contribution in [0.4, 0.5) is 0 Å². The van der Waals surface area contributed by atoms with Crippen LogP contribution in [0.5, 0.6) is 0 Å². The van der Waals surface area contributed by atoms with Crippen molar-refractivity contribution in [1.82, 2.24) is 20.7 Å². The van der Waals surface area contributed by atoms with E-state index in [9.17, 15) is 0 Å². The molecule has 0 aromatic heterocycles. The zero-order valence-electron chi connectivity index (χ0n) is 12.2. The molecule has 2 aromatic carbocycles. The number of rotatable bonds is 2. The van der Waals surface area contributed by atoms with Crippen molar-refractivity contribution in [2.75, 3.05) is 0 Å². The number of fused-ring (bicyclic) bond motifs is 1. The van der Waals surface area contributed by atoms with E-state index in [1.165, 1.54) is 0 Å². The summed E-state index contributed by atoms with van der Waals surface area (Å²) in [4.78, 5) is 0. The Morgan fingerprint density at radius 2 is 1.00 bits per heavy atom. The van der Waals surface area contributed by atoms with Gasteiger partial charge in [-0.05, 0) is 59.8 Å². The van der Waals surface area contributed by atoms with Crippen LogP contribution >= 0.6 is 56.3 Å². The highest BCUT2D eigenvalue weighted by Gasteiger charge is 2.47. The molecule has 2 atom stereocenters. The molecular formula is C16H12Br2N4S2. The van der Waals surface area contributed by atoms with E-state index in [-0.39, 0.29) is 12.3 Å². The summed E-state index contributed by atoms with van der Waals surface area (Å²) in [5.74, 6) is 0. The van der Waals surface area contributed by atoms with Gasteiger partial charge in [0.1, 0.15) is 12.3 Å². The van der Waals surface area contributed by atoms with Crippen LogP contribution in [0.3, 0.4) is 0 Å². The fourth-order valence-corrected chi connectivity index (χ4v) is 4.05. The first-order valence-corrected chi connectivity index (χ1v) is 9.65. The molecule has 0 amide bonds. The van der Waals surface area contributed by atoms with Crippen LogP contribution in [0.2, 0.25) is 0 Å². The van der Waals surface area contributed by atoms with Gasteiger partial charge in [0, 0.05) is 8.95 Å². The van der Waals surface area contributed by atoms with Gasteiger partial charge in [0.15, 0.2) is 10.2 Å². The minimum absolute atomic E-state index is 0.106. The van der Waals surface area contributed by atoms with Gasteiger partial charge in [-0.25, -0.2) is 10.0 Å². The van der Waals surface area contributed by atoms with Crippen LogP contribution in [-0.2, 0) is 0 Å². The maximum absolute atomic E-state index is 5.57. The molecule has 24 heavy (non-hydrogen) atoms. The van der Waals surface area contributed by atoms with Crippen molar-refractivity contribution in [2.24, 2.45) is 0 Å². The second-order valence-electron chi connectivity index (χ2n) is 5.50. The Morgan fingerprint density at radius 1 is 0.667 bits per heavy atom. The molecule has 0 spiro atoms. The molecule has 0 saturated carbocycles. The van der Waals surface area contributed by atoms with Crippen molar-refractivity contribution in [3.05, 3.63) is 68.6 Å². The Labute approximate surface area is 167 Å². The zero-order chi connectivity index (χ0) is 16.8. The number of nitrogens with zero attached hydrogens (tertiary/aromatic N) is 2. The highest BCUT2D eigenvalue weighted by atomic mass is 79.9. The summed E-state index contributed by atoms with van der Waals surface area (Å²) in [5.41, 5.74) is 2.20. The molecular weight excluding hydrogens is 472 g/mol. The van der Waals surface area contributed by atoms with Gasteiger partial charge in [-0.3, -0.25) is 0 Å². The van der Waals surface area contributed by atoms with Crippen LogP contribution < -0.4 is 10.6 Å². The number of benzene rings is 2. The average Bonchev–Trinajstić information content (AvgIpc) is 3.08. The second kappa shape index (κ2) is 6.25. The van der Waals surface area contributed by atoms with Crippen molar-refractivity contribution in [1.29, 1.82) is 0 Å². The largest absolute Gasteiger partial charge is 0.336 e. The summed E-state index contributed by atoms with van der Waals surface area (Å²) in [5, 5.41) is 12.1. The third-order valence-electron chi connectivity index (χ3n) is 4.03. The van der Waals surface area contributed by atoms with Crippen molar-refractivity contribution in [3.8, 4) is 0 Å². The quantitative estimate of drug-likeness (QED) is 0.622. The van der Waals surface area contributed by atoms with Gasteiger partial charge in [0.2, 0.25) is 0 Å². The van der Waals surface area contributed by atoms with Crippen LogP contribution in [0, 0.1) is 0 Å². The molecule has 2 saturated heterocycles. The standard InChI is InChI=1S/C16H12Br2N4S2/c17-11-5-1-9(2-6-11)13-19-15(23)22-14(20-16(24)21(13)22)10-3-7-12(18)8-4-10/h1-8,13-14H,(H,19,23)(H,20,24)/t13-,14+. The van der Waals surface area contributed by atoms with Crippen LogP contribution in [0.25, 0.3) is 0 Å². The molecule has 2 heterocycles. The van der Waals surface area contributed by atoms with Crippen molar-refractivity contribution >= 4 is 66.5 Å². The third kappa shape index (κ3) is 2.71. The minimum atomic E-state index is -0.106. The van der Waals surface area contributed by atoms with E-state index in [0.29, 0.717) is 10.2 Å². The second-order valence-corrected chi connectivity index (χ2v) is 8.10. The summed E-state index contributed by atoms with van der Waals surface area (Å²) in [6, 6.07) is 16.3. The van der Waals surface area contributed by atoms with Gasteiger partial charge in [-0.15, -0.1) is 0 Å². The highest BCUT2D eigenvalue weighted by Crippen LogP contribution is 2.37. The van der Waals surface area contributed by atoms with E-state index in [1.54, 1.807) is 0 Å². The Morgan fingerprint density at radius 3 is 1.33 bits per heavy atom. The number of thiocarbonyl (C=S) groups is 2. The summed E-state index contributed by atoms with van der Waals surface area (Å²) < 4.78 is 2.08. The van der Waals surface area contributed by atoms with Gasteiger partial charge >= 0.3 is 0 Å². The fraction of sp³-hybridized carbons (Fsp3) is 0.125. The molecule has 2 N–H and O–H groups in total. The lowest BCUT2D eigenvalue weighted by atomic mass is 10.2. The number of hydrazine groups is 1. The molecule has 122 valence electrons. The smallest absolute Gasteiger partial charge is 0.192 e. The van der Waals surface area contributed by atoms with E-state index in [0.717, 1.165) is 20.1 Å². The Bertz CT molecular complexity index is 740. The molecule has 0 aliphatic carbocycles. The molecule has 2 aliphatic heterocycles. The molecule has 2 fully saturated rings. The monoisotopic (exact) mass is 482 g/mol. The fourth-order valence-electron chi connectivity index (χ4n) is 2.91. The van der Waals surface area contributed by atoms with Crippen molar-refractivity contribution in [3.63, 3.8) is 0 Å². The van der Waals surface area contributed by atoms with E-state index in [1.807, 2.05) is 34.3 Å². The van der Waals surface area contributed by atoms with Crippen molar-refractivity contribution in [2.45, 2.75) is 12.3 Å². The Balaban J connectivity index is 1.68. The molecule has 2 aliphatic rings. The van der Waals surface area contributed by atoms with Gasteiger partial charge in [-0.2, -0.15) is 0 Å². The lowest BCUT2D eigenvalue weighted by Crippen LogP contribution is -2.36. The van der Waals surface area contributed by atoms with Crippen LogP contribution in [-0.4, -0.2) is 20.2 Å². The lowest BCUT2D eigenvalue weighted by molar-refractivity contribution is 0.114. The Kier molecular flexibility index (Phi) is 4.24. The average molecular weight is 484 g/mol. The van der Waals surface area contributed by atoms with E-state index in [2.05, 4.69) is 66.8 Å². The topological polar surface area (TPSA) is 30.5 Å². The minimum Gasteiger partial charge on any atom is -0.336 e. The van der Waals surface area contributed by atoms with Crippen LogP contribution in [0.15, 0.2) is 57.5 Å².